The first kappa shape index (κ1) is 19.4. The number of para-hydroxylation sites is 1. The highest BCUT2D eigenvalue weighted by molar-refractivity contribution is 14.1. The number of amides is 1. The number of fused-ring (bicyclic) bond motifs is 1. The van der Waals surface area contributed by atoms with Crippen LogP contribution in [0.5, 0.6) is 0 Å². The standard InChI is InChI=1S/C24H18INO3/c1-2-15-13-19(25)10-11-21(15)26-23(27)18-8-5-7-16(12-18)20-14-17-6-3-4-9-22(17)29-24(20)28/h3-14H,2H2,1H3,(H,26,27). The van der Waals surface area contributed by atoms with Crippen LogP contribution < -0.4 is 10.9 Å². The highest BCUT2D eigenvalue weighted by atomic mass is 127. The first-order chi connectivity index (χ1) is 14.0. The summed E-state index contributed by atoms with van der Waals surface area (Å²) in [6.07, 6.45) is 0.824. The molecule has 4 aromatic rings. The van der Waals surface area contributed by atoms with Crippen LogP contribution in [0.2, 0.25) is 0 Å². The van der Waals surface area contributed by atoms with E-state index in [0.717, 1.165) is 26.6 Å². The van der Waals surface area contributed by atoms with Gasteiger partial charge in [0.1, 0.15) is 5.58 Å². The van der Waals surface area contributed by atoms with Gasteiger partial charge >= 0.3 is 5.63 Å². The van der Waals surface area contributed by atoms with Crippen molar-refractivity contribution < 1.29 is 9.21 Å². The molecule has 0 spiro atoms. The molecule has 29 heavy (non-hydrogen) atoms. The van der Waals surface area contributed by atoms with Crippen molar-refractivity contribution in [2.24, 2.45) is 0 Å². The molecule has 3 aromatic carbocycles. The molecule has 1 N–H and O–H groups in total. The second-order valence-electron chi connectivity index (χ2n) is 6.68. The van der Waals surface area contributed by atoms with Gasteiger partial charge in [0.2, 0.25) is 0 Å². The third-order valence-electron chi connectivity index (χ3n) is 4.77. The summed E-state index contributed by atoms with van der Waals surface area (Å²) in [6, 6.07) is 22.1. The van der Waals surface area contributed by atoms with Crippen molar-refractivity contribution in [1.29, 1.82) is 0 Å². The molecule has 4 nitrogen and oxygen atoms in total. The lowest BCUT2D eigenvalue weighted by Gasteiger charge is -2.11. The Balaban J connectivity index is 1.68. The van der Waals surface area contributed by atoms with Gasteiger partial charge in [-0.25, -0.2) is 4.79 Å². The summed E-state index contributed by atoms with van der Waals surface area (Å²) in [4.78, 5) is 25.3. The van der Waals surface area contributed by atoms with Crippen LogP contribution in [0, 0.1) is 3.57 Å². The molecule has 144 valence electrons. The fourth-order valence-corrected chi connectivity index (χ4v) is 3.82. The Labute approximate surface area is 181 Å². The zero-order chi connectivity index (χ0) is 20.4. The van der Waals surface area contributed by atoms with Crippen LogP contribution in [0.25, 0.3) is 22.1 Å². The SMILES string of the molecule is CCc1cc(I)ccc1NC(=O)c1cccc(-c2cc3ccccc3oc2=O)c1. The van der Waals surface area contributed by atoms with Crippen LogP contribution in [0.1, 0.15) is 22.8 Å². The molecule has 0 aliphatic rings. The molecule has 0 saturated carbocycles. The molecule has 0 bridgehead atoms. The van der Waals surface area contributed by atoms with Crippen molar-refractivity contribution in [3.05, 3.63) is 97.9 Å². The summed E-state index contributed by atoms with van der Waals surface area (Å²) >= 11 is 2.26. The number of aryl methyl sites for hydroxylation is 1. The van der Waals surface area contributed by atoms with E-state index in [1.165, 1.54) is 0 Å². The summed E-state index contributed by atoms with van der Waals surface area (Å²) in [5.41, 5.74) is 3.56. The maximum atomic E-state index is 12.8. The van der Waals surface area contributed by atoms with Gasteiger partial charge in [0.05, 0.1) is 5.56 Å². The van der Waals surface area contributed by atoms with E-state index in [2.05, 4.69) is 40.9 Å². The Hall–Kier alpha value is -2.93. The number of hydrogen-bond donors (Lipinski definition) is 1. The van der Waals surface area contributed by atoms with Gasteiger partial charge in [0.25, 0.3) is 5.91 Å². The number of benzene rings is 3. The molecular formula is C24H18INO3. The van der Waals surface area contributed by atoms with Gasteiger partial charge in [-0.15, -0.1) is 0 Å². The Morgan fingerprint density at radius 2 is 1.83 bits per heavy atom. The maximum absolute atomic E-state index is 12.8. The second-order valence-corrected chi connectivity index (χ2v) is 7.92. The van der Waals surface area contributed by atoms with Crippen LogP contribution in [-0.4, -0.2) is 5.91 Å². The molecule has 0 radical (unpaired) electrons. The quantitative estimate of drug-likeness (QED) is 0.284. The number of carbonyl (C=O) groups excluding carboxylic acids is 1. The lowest BCUT2D eigenvalue weighted by atomic mass is 10.0. The average molecular weight is 495 g/mol. The van der Waals surface area contributed by atoms with Crippen molar-refractivity contribution in [3.63, 3.8) is 0 Å². The number of rotatable bonds is 4. The van der Waals surface area contributed by atoms with Crippen LogP contribution in [0.15, 0.2) is 82.0 Å². The molecule has 0 aliphatic heterocycles. The number of hydrogen-bond acceptors (Lipinski definition) is 3. The number of anilines is 1. The zero-order valence-corrected chi connectivity index (χ0v) is 17.9. The predicted molar refractivity (Wildman–Crippen MR) is 124 cm³/mol. The summed E-state index contributed by atoms with van der Waals surface area (Å²) in [5.74, 6) is -0.215. The second kappa shape index (κ2) is 8.21. The number of nitrogens with one attached hydrogen (secondary N) is 1. The normalized spacial score (nSPS) is 10.8. The van der Waals surface area contributed by atoms with E-state index in [-0.39, 0.29) is 5.91 Å². The minimum Gasteiger partial charge on any atom is -0.422 e. The molecule has 1 aromatic heterocycles. The van der Waals surface area contributed by atoms with E-state index in [4.69, 9.17) is 4.42 Å². The molecule has 5 heteroatoms. The fraction of sp³-hybridized carbons (Fsp3) is 0.0833. The minimum atomic E-state index is -0.424. The van der Waals surface area contributed by atoms with Gasteiger partial charge in [-0.2, -0.15) is 0 Å². The van der Waals surface area contributed by atoms with E-state index in [0.29, 0.717) is 22.3 Å². The molecule has 0 aliphatic carbocycles. The minimum absolute atomic E-state index is 0.215. The van der Waals surface area contributed by atoms with Gasteiger partial charge in [-0.1, -0.05) is 37.3 Å². The third-order valence-corrected chi connectivity index (χ3v) is 5.44. The summed E-state index contributed by atoms with van der Waals surface area (Å²) < 4.78 is 6.56. The third kappa shape index (κ3) is 4.10. The highest BCUT2D eigenvalue weighted by Crippen LogP contribution is 2.24. The van der Waals surface area contributed by atoms with Crippen LogP contribution in [-0.2, 0) is 6.42 Å². The van der Waals surface area contributed by atoms with Crippen molar-refractivity contribution in [1.82, 2.24) is 0 Å². The largest absolute Gasteiger partial charge is 0.422 e. The molecule has 0 saturated heterocycles. The molecule has 4 rings (SSSR count). The Morgan fingerprint density at radius 1 is 1.00 bits per heavy atom. The van der Waals surface area contributed by atoms with E-state index in [9.17, 15) is 9.59 Å². The van der Waals surface area contributed by atoms with Gasteiger partial charge in [0.15, 0.2) is 0 Å². The first-order valence-electron chi connectivity index (χ1n) is 9.28. The summed E-state index contributed by atoms with van der Waals surface area (Å²) in [6.45, 7) is 2.06. The molecule has 0 atom stereocenters. The Kier molecular flexibility index (Phi) is 5.49. The smallest absolute Gasteiger partial charge is 0.344 e. The Morgan fingerprint density at radius 3 is 2.66 bits per heavy atom. The molecular weight excluding hydrogens is 477 g/mol. The van der Waals surface area contributed by atoms with Gasteiger partial charge in [-0.05, 0) is 82.6 Å². The molecule has 0 unspecified atom stereocenters. The van der Waals surface area contributed by atoms with Crippen molar-refractivity contribution in [3.8, 4) is 11.1 Å². The molecule has 1 amide bonds. The van der Waals surface area contributed by atoms with Gasteiger partial charge < -0.3 is 9.73 Å². The van der Waals surface area contributed by atoms with Crippen LogP contribution in [0.4, 0.5) is 5.69 Å². The topological polar surface area (TPSA) is 59.3 Å². The fourth-order valence-electron chi connectivity index (χ4n) is 3.26. The molecule has 1 heterocycles. The van der Waals surface area contributed by atoms with E-state index < -0.39 is 5.63 Å². The first-order valence-corrected chi connectivity index (χ1v) is 10.4. The maximum Gasteiger partial charge on any atom is 0.344 e. The summed E-state index contributed by atoms with van der Waals surface area (Å²) in [7, 11) is 0. The average Bonchev–Trinajstić information content (AvgIpc) is 2.74. The predicted octanol–water partition coefficient (Wildman–Crippen LogP) is 5.88. The highest BCUT2D eigenvalue weighted by Gasteiger charge is 2.13. The Bertz CT molecular complexity index is 1280. The van der Waals surface area contributed by atoms with Gasteiger partial charge in [-0.3, -0.25) is 4.79 Å². The van der Waals surface area contributed by atoms with Crippen molar-refractivity contribution in [2.45, 2.75) is 13.3 Å². The van der Waals surface area contributed by atoms with Crippen LogP contribution >= 0.6 is 22.6 Å². The number of carbonyl (C=O) groups is 1. The molecule has 0 fully saturated rings. The van der Waals surface area contributed by atoms with E-state index in [1.807, 2.05) is 30.3 Å². The van der Waals surface area contributed by atoms with Crippen molar-refractivity contribution in [2.75, 3.05) is 5.32 Å². The number of halogens is 1. The van der Waals surface area contributed by atoms with E-state index >= 15 is 0 Å². The summed E-state index contributed by atoms with van der Waals surface area (Å²) in [5, 5.41) is 3.82. The lowest BCUT2D eigenvalue weighted by molar-refractivity contribution is 0.102. The van der Waals surface area contributed by atoms with Crippen LogP contribution in [0.3, 0.4) is 0 Å². The lowest BCUT2D eigenvalue weighted by Crippen LogP contribution is -2.13. The van der Waals surface area contributed by atoms with Gasteiger partial charge in [0, 0.05) is 20.2 Å². The monoisotopic (exact) mass is 495 g/mol. The van der Waals surface area contributed by atoms with Crippen molar-refractivity contribution >= 4 is 45.2 Å². The zero-order valence-electron chi connectivity index (χ0n) is 15.7. The van der Waals surface area contributed by atoms with E-state index in [1.54, 1.807) is 36.4 Å².